The van der Waals surface area contributed by atoms with Gasteiger partial charge in [-0.3, -0.25) is 4.36 Å². The van der Waals surface area contributed by atoms with Crippen LogP contribution in [0.5, 0.6) is 0 Å². The van der Waals surface area contributed by atoms with Gasteiger partial charge >= 0.3 is 0 Å². The van der Waals surface area contributed by atoms with Crippen LogP contribution in [-0.4, -0.2) is 24.0 Å². The number of ether oxygens (including phenoxy) is 1. The molecule has 0 spiro atoms. The molecule has 3 heterocycles. The minimum Gasteiger partial charge on any atom is -0.365 e. The van der Waals surface area contributed by atoms with Crippen molar-refractivity contribution in [2.24, 2.45) is 10.3 Å². The van der Waals surface area contributed by atoms with E-state index in [2.05, 4.69) is 43.3 Å². The van der Waals surface area contributed by atoms with Gasteiger partial charge in [-0.2, -0.15) is 0 Å². The molecule has 3 aliphatic rings. The number of fused-ring (bicyclic) bond motifs is 5. The van der Waals surface area contributed by atoms with E-state index < -0.39 is 0 Å². The summed E-state index contributed by atoms with van der Waals surface area (Å²) in [6, 6.07) is 8.85. The van der Waals surface area contributed by atoms with Crippen LogP contribution in [0.2, 0.25) is 0 Å². The Morgan fingerprint density at radius 3 is 2.76 bits per heavy atom. The molecule has 0 aromatic heterocycles. The molecular formula is C14H15NOS. The molecule has 1 aromatic carbocycles. The van der Waals surface area contributed by atoms with Gasteiger partial charge < -0.3 is 4.74 Å². The average molecular weight is 245 g/mol. The Hall–Kier alpha value is -0.930. The normalized spacial score (nSPS) is 41.6. The van der Waals surface area contributed by atoms with E-state index in [4.69, 9.17) is 9.10 Å². The van der Waals surface area contributed by atoms with Crippen LogP contribution in [0.4, 0.5) is 0 Å². The third-order valence-electron chi connectivity index (χ3n) is 3.92. The van der Waals surface area contributed by atoms with E-state index in [0.29, 0.717) is 23.4 Å². The quantitative estimate of drug-likeness (QED) is 0.697. The number of hydrogen-bond donors (Lipinski definition) is 0. The van der Waals surface area contributed by atoms with Crippen LogP contribution in [0.15, 0.2) is 45.7 Å². The van der Waals surface area contributed by atoms with Crippen molar-refractivity contribution in [2.45, 2.75) is 29.3 Å². The summed E-state index contributed by atoms with van der Waals surface area (Å²) in [6.07, 6.45) is 5.13. The van der Waals surface area contributed by atoms with Gasteiger partial charge in [0, 0.05) is 10.8 Å². The third-order valence-corrected chi connectivity index (χ3v) is 6.23. The molecule has 88 valence electrons. The van der Waals surface area contributed by atoms with Gasteiger partial charge in [0.25, 0.3) is 0 Å². The lowest BCUT2D eigenvalue weighted by Gasteiger charge is -2.19. The van der Waals surface area contributed by atoms with Crippen molar-refractivity contribution in [3.63, 3.8) is 0 Å². The maximum Gasteiger partial charge on any atom is 0.0900 e. The Bertz CT molecular complexity index is 520. The maximum atomic E-state index is 5.95. The molecule has 4 rings (SSSR count). The Kier molecular flexibility index (Phi) is 2.08. The summed E-state index contributed by atoms with van der Waals surface area (Å²) < 4.78 is 10.8. The van der Waals surface area contributed by atoms with Crippen molar-refractivity contribution in [2.75, 3.05) is 6.54 Å². The van der Waals surface area contributed by atoms with Gasteiger partial charge in [-0.25, -0.2) is 0 Å². The Morgan fingerprint density at radius 1 is 1.18 bits per heavy atom. The van der Waals surface area contributed by atoms with E-state index in [-0.39, 0.29) is 10.7 Å². The molecule has 1 saturated heterocycles. The minimum atomic E-state index is 0.0449. The van der Waals surface area contributed by atoms with Crippen molar-refractivity contribution < 1.29 is 4.74 Å². The monoisotopic (exact) mass is 245 g/mol. The van der Waals surface area contributed by atoms with Gasteiger partial charge in [0.05, 0.1) is 24.0 Å². The molecule has 0 amide bonds. The lowest BCUT2D eigenvalue weighted by Crippen LogP contribution is -2.30. The smallest absolute Gasteiger partial charge is 0.0900 e. The molecule has 0 N–H and O–H groups in total. The molecule has 0 aliphatic carbocycles. The Morgan fingerprint density at radius 2 is 1.94 bits per heavy atom. The fraction of sp³-hybridized carbons (Fsp3) is 0.429. The second-order valence-corrected chi connectivity index (χ2v) is 6.92. The standard InChI is InChI=1S/C14H15NOS/c1-9-2-4-10(5-3-9)17-14-11(8-15-17)12-6-7-13(14)16-12/h2-7,11-14H,8H2,1H3/t11-,12-,13+,14-,17?/m0/s1. The number of benzene rings is 1. The summed E-state index contributed by atoms with van der Waals surface area (Å²) in [5.41, 5.74) is 1.32. The van der Waals surface area contributed by atoms with E-state index in [9.17, 15) is 0 Å². The molecule has 2 nitrogen and oxygen atoms in total. The summed E-state index contributed by atoms with van der Waals surface area (Å²) in [5, 5.41) is 0.604. The predicted molar refractivity (Wildman–Crippen MR) is 69.2 cm³/mol. The average Bonchev–Trinajstić information content (AvgIpc) is 3.02. The molecule has 1 aromatic rings. The zero-order chi connectivity index (χ0) is 11.4. The van der Waals surface area contributed by atoms with Gasteiger partial charge in [-0.15, -0.1) is 0 Å². The third kappa shape index (κ3) is 1.39. The lowest BCUT2D eigenvalue weighted by atomic mass is 9.94. The number of aryl methyl sites for hydroxylation is 1. The van der Waals surface area contributed by atoms with Crippen LogP contribution >= 0.6 is 0 Å². The zero-order valence-electron chi connectivity index (χ0n) is 9.74. The number of hydrogen-bond acceptors (Lipinski definition) is 2. The summed E-state index contributed by atoms with van der Waals surface area (Å²) in [7, 11) is 0.0449. The molecule has 3 aliphatic heterocycles. The second kappa shape index (κ2) is 3.53. The SMILES string of the molecule is Cc1ccc(S2=NC[C@@H]3[C@H]2[C@H]2C=C[C@@H]3O2)cc1. The molecule has 5 atom stereocenters. The van der Waals surface area contributed by atoms with E-state index in [0.717, 1.165) is 6.54 Å². The summed E-state index contributed by atoms with van der Waals surface area (Å²) in [4.78, 5) is 1.38. The summed E-state index contributed by atoms with van der Waals surface area (Å²) in [6.45, 7) is 3.11. The molecule has 3 heteroatoms. The largest absolute Gasteiger partial charge is 0.365 e. The fourth-order valence-electron chi connectivity index (χ4n) is 3.01. The molecular weight excluding hydrogens is 230 g/mol. The van der Waals surface area contributed by atoms with Crippen LogP contribution in [0.25, 0.3) is 0 Å². The Labute approximate surface area is 104 Å². The molecule has 1 fully saturated rings. The van der Waals surface area contributed by atoms with Crippen LogP contribution in [0.1, 0.15) is 5.56 Å². The highest BCUT2D eigenvalue weighted by atomic mass is 32.2. The lowest BCUT2D eigenvalue weighted by molar-refractivity contribution is 0.110. The van der Waals surface area contributed by atoms with E-state index in [1.54, 1.807) is 0 Å². The van der Waals surface area contributed by atoms with Gasteiger partial charge in [0.15, 0.2) is 0 Å². The first-order valence-corrected chi connectivity index (χ1v) is 7.38. The Balaban J connectivity index is 1.72. The van der Waals surface area contributed by atoms with Crippen LogP contribution < -0.4 is 0 Å². The van der Waals surface area contributed by atoms with E-state index >= 15 is 0 Å². The first-order valence-electron chi connectivity index (χ1n) is 6.14. The molecule has 0 radical (unpaired) electrons. The van der Waals surface area contributed by atoms with E-state index in [1.165, 1.54) is 10.5 Å². The van der Waals surface area contributed by atoms with E-state index in [1.807, 2.05) is 0 Å². The van der Waals surface area contributed by atoms with Crippen molar-refractivity contribution >= 4 is 10.7 Å². The van der Waals surface area contributed by atoms with Gasteiger partial charge in [-0.1, -0.05) is 40.5 Å². The first-order chi connectivity index (χ1) is 8.33. The zero-order valence-corrected chi connectivity index (χ0v) is 10.6. The predicted octanol–water partition coefficient (Wildman–Crippen LogP) is 2.49. The first kappa shape index (κ1) is 10.0. The van der Waals surface area contributed by atoms with Crippen molar-refractivity contribution in [1.29, 1.82) is 0 Å². The summed E-state index contributed by atoms with van der Waals surface area (Å²) >= 11 is 0. The highest BCUT2D eigenvalue weighted by Gasteiger charge is 2.50. The van der Waals surface area contributed by atoms with Gasteiger partial charge in [-0.05, 0) is 19.1 Å². The topological polar surface area (TPSA) is 21.6 Å². The van der Waals surface area contributed by atoms with Gasteiger partial charge in [0.2, 0.25) is 0 Å². The maximum absolute atomic E-state index is 5.95. The molecule has 2 bridgehead atoms. The summed E-state index contributed by atoms with van der Waals surface area (Å²) in [5.74, 6) is 0.634. The number of nitrogens with zero attached hydrogens (tertiary/aromatic N) is 1. The highest BCUT2D eigenvalue weighted by molar-refractivity contribution is 7.88. The highest BCUT2D eigenvalue weighted by Crippen LogP contribution is 2.43. The van der Waals surface area contributed by atoms with Crippen LogP contribution in [0.3, 0.4) is 0 Å². The van der Waals surface area contributed by atoms with Crippen molar-refractivity contribution in [1.82, 2.24) is 0 Å². The van der Waals surface area contributed by atoms with Crippen molar-refractivity contribution in [3.05, 3.63) is 42.0 Å². The molecule has 17 heavy (non-hydrogen) atoms. The number of rotatable bonds is 1. The second-order valence-electron chi connectivity index (χ2n) is 5.02. The fourth-order valence-corrected chi connectivity index (χ4v) is 5.38. The van der Waals surface area contributed by atoms with Crippen LogP contribution in [0, 0.1) is 12.8 Å². The van der Waals surface area contributed by atoms with Crippen LogP contribution in [-0.2, 0) is 15.4 Å². The van der Waals surface area contributed by atoms with Crippen molar-refractivity contribution in [3.8, 4) is 0 Å². The molecule has 0 saturated carbocycles. The molecule has 1 unspecified atom stereocenters. The minimum absolute atomic E-state index is 0.0449. The van der Waals surface area contributed by atoms with Gasteiger partial charge in [0.1, 0.15) is 0 Å².